The molecule has 0 amide bonds. The second-order valence-corrected chi connectivity index (χ2v) is 17.4. The van der Waals surface area contributed by atoms with Gasteiger partial charge in [0.1, 0.15) is 13.2 Å². The van der Waals surface area contributed by atoms with Crippen LogP contribution in [0, 0.1) is 0 Å². The fourth-order valence-corrected chi connectivity index (χ4v) is 6.64. The molecule has 0 aromatic carbocycles. The highest BCUT2D eigenvalue weighted by atomic mass is 16.6. The van der Waals surface area contributed by atoms with Gasteiger partial charge in [0.2, 0.25) is 0 Å². The summed E-state index contributed by atoms with van der Waals surface area (Å²) in [6.45, 7) is 6.22. The molecule has 0 radical (unpaired) electrons. The van der Waals surface area contributed by atoms with E-state index in [-0.39, 0.29) is 38.0 Å². The Morgan fingerprint density at radius 1 is 0.296 bits per heavy atom. The third kappa shape index (κ3) is 55.6. The molecule has 6 heteroatoms. The van der Waals surface area contributed by atoms with Gasteiger partial charge in [-0.3, -0.25) is 14.4 Å². The van der Waals surface area contributed by atoms with Crippen LogP contribution in [0.5, 0.6) is 0 Å². The van der Waals surface area contributed by atoms with Crippen LogP contribution in [0.4, 0.5) is 0 Å². The van der Waals surface area contributed by atoms with E-state index >= 15 is 0 Å². The summed E-state index contributed by atoms with van der Waals surface area (Å²) < 4.78 is 16.7. The van der Waals surface area contributed by atoms with Gasteiger partial charge in [-0.25, -0.2) is 0 Å². The van der Waals surface area contributed by atoms with E-state index in [1.54, 1.807) is 0 Å². The highest BCUT2D eigenvalue weighted by Gasteiger charge is 2.19. The molecule has 0 aromatic heterocycles. The number of rotatable bonds is 47. The first-order valence-corrected chi connectivity index (χ1v) is 27.6. The molecule has 1 atom stereocenters. The molecule has 0 heterocycles. The van der Waals surface area contributed by atoms with Crippen molar-refractivity contribution in [2.75, 3.05) is 13.2 Å². The van der Waals surface area contributed by atoms with Crippen LogP contribution in [0.3, 0.4) is 0 Å². The molecule has 0 saturated carbocycles. The van der Waals surface area contributed by atoms with Crippen LogP contribution in [0.15, 0.2) is 170 Å². The normalized spacial score (nSPS) is 13.5. The maximum atomic E-state index is 12.8. The molecular weight excluding hydrogens is 877 g/mol. The lowest BCUT2D eigenvalue weighted by atomic mass is 10.1. The Balaban J connectivity index is 4.68. The summed E-state index contributed by atoms with van der Waals surface area (Å²) in [4.78, 5) is 38.1. The Bertz CT molecular complexity index is 1690. The standard InChI is InChI=1S/C65H98O6/c1-4-7-10-13-16-19-22-25-28-30-32-34-37-40-43-46-49-52-55-58-64(67)70-61-62(60-69-63(66)57-54-51-48-45-42-39-36-27-24-21-18-15-12-9-6-3)71-65(68)59-56-53-50-47-44-41-38-35-33-31-29-26-23-20-17-14-11-8-5-2/h7-8,10-11,16-21,25-29,32-36,40-41,43-44,49-50,52-53,62H,4-6,9,12-15,22-24,30-31,37-39,42,45-48,51,54-61H2,1-3H3/b10-7-,11-8-,19-16-,20-17-,21-18-,28-25-,29-26-,34-32-,35-33-,36-27-,43-40-,44-41-,52-49-,53-50-. The highest BCUT2D eigenvalue weighted by Crippen LogP contribution is 2.11. The van der Waals surface area contributed by atoms with Gasteiger partial charge in [-0.1, -0.05) is 223 Å². The van der Waals surface area contributed by atoms with E-state index in [1.165, 1.54) is 25.7 Å². The quantitative estimate of drug-likeness (QED) is 0.0262. The van der Waals surface area contributed by atoms with Gasteiger partial charge in [0.25, 0.3) is 0 Å². The van der Waals surface area contributed by atoms with Gasteiger partial charge in [0.15, 0.2) is 6.10 Å². The summed E-state index contributed by atoms with van der Waals surface area (Å²) in [5.74, 6) is -1.15. The molecule has 0 aliphatic heterocycles. The summed E-state index contributed by atoms with van der Waals surface area (Å²) in [5.41, 5.74) is 0. The van der Waals surface area contributed by atoms with Crippen molar-refractivity contribution >= 4 is 17.9 Å². The number of allylic oxidation sites excluding steroid dienone is 28. The zero-order chi connectivity index (χ0) is 51.4. The van der Waals surface area contributed by atoms with Gasteiger partial charge in [-0.05, 0) is 128 Å². The first-order valence-electron chi connectivity index (χ1n) is 27.6. The topological polar surface area (TPSA) is 78.9 Å². The van der Waals surface area contributed by atoms with Crippen molar-refractivity contribution in [1.29, 1.82) is 0 Å². The second kappa shape index (κ2) is 57.3. The van der Waals surface area contributed by atoms with E-state index in [9.17, 15) is 14.4 Å². The van der Waals surface area contributed by atoms with Crippen molar-refractivity contribution in [3.05, 3.63) is 170 Å². The SMILES string of the molecule is CC/C=C\C/C=C\C/C=C\C/C=C\C/C=C\C/C=C\CCC(=O)OCC(COC(=O)CCCCCCC/C=C\C/C=C\CCCCC)OC(=O)CC/C=C\C/C=C\C/C=C\C/C=C\C/C=C\C/C=C\CC. The molecule has 1 unspecified atom stereocenters. The van der Waals surface area contributed by atoms with Gasteiger partial charge >= 0.3 is 17.9 Å². The van der Waals surface area contributed by atoms with E-state index < -0.39 is 12.1 Å². The molecule has 0 aromatic rings. The van der Waals surface area contributed by atoms with Gasteiger partial charge in [-0.2, -0.15) is 0 Å². The molecule has 6 nitrogen and oxygen atoms in total. The number of unbranched alkanes of at least 4 members (excludes halogenated alkanes) is 8. The lowest BCUT2D eigenvalue weighted by molar-refractivity contribution is -0.166. The lowest BCUT2D eigenvalue weighted by Crippen LogP contribution is -2.30. The largest absolute Gasteiger partial charge is 0.462 e. The fraction of sp³-hybridized carbons (Fsp3) is 0.523. The zero-order valence-electron chi connectivity index (χ0n) is 44.9. The average molecular weight is 975 g/mol. The van der Waals surface area contributed by atoms with E-state index in [0.717, 1.165) is 122 Å². The number of ether oxygens (including phenoxy) is 3. The van der Waals surface area contributed by atoms with Crippen molar-refractivity contribution in [3.8, 4) is 0 Å². The smallest absolute Gasteiger partial charge is 0.306 e. The molecule has 394 valence electrons. The number of carbonyl (C=O) groups excluding carboxylic acids is 3. The van der Waals surface area contributed by atoms with Gasteiger partial charge in [-0.15, -0.1) is 0 Å². The molecule has 0 N–H and O–H groups in total. The monoisotopic (exact) mass is 975 g/mol. The molecule has 0 aliphatic rings. The van der Waals surface area contributed by atoms with Crippen molar-refractivity contribution in [2.24, 2.45) is 0 Å². The van der Waals surface area contributed by atoms with Gasteiger partial charge in [0.05, 0.1) is 0 Å². The predicted molar refractivity (Wildman–Crippen MR) is 306 cm³/mol. The summed E-state index contributed by atoms with van der Waals surface area (Å²) >= 11 is 0. The first kappa shape index (κ1) is 65.8. The van der Waals surface area contributed by atoms with E-state index in [1.807, 2.05) is 24.3 Å². The van der Waals surface area contributed by atoms with Crippen LogP contribution in [0.1, 0.15) is 201 Å². The van der Waals surface area contributed by atoms with E-state index in [4.69, 9.17) is 14.2 Å². The van der Waals surface area contributed by atoms with Crippen molar-refractivity contribution in [3.63, 3.8) is 0 Å². The van der Waals surface area contributed by atoms with Gasteiger partial charge < -0.3 is 14.2 Å². The lowest BCUT2D eigenvalue weighted by Gasteiger charge is -2.18. The molecule has 0 spiro atoms. The van der Waals surface area contributed by atoms with E-state index in [0.29, 0.717) is 19.3 Å². The van der Waals surface area contributed by atoms with Crippen LogP contribution in [-0.2, 0) is 28.6 Å². The second-order valence-electron chi connectivity index (χ2n) is 17.4. The minimum Gasteiger partial charge on any atom is -0.462 e. The maximum absolute atomic E-state index is 12.8. The number of hydrogen-bond donors (Lipinski definition) is 0. The van der Waals surface area contributed by atoms with Crippen LogP contribution >= 0.6 is 0 Å². The van der Waals surface area contributed by atoms with Gasteiger partial charge in [0, 0.05) is 19.3 Å². The van der Waals surface area contributed by atoms with E-state index in [2.05, 4.69) is 167 Å². The summed E-state index contributed by atoms with van der Waals surface area (Å²) in [5, 5.41) is 0. The number of carbonyl (C=O) groups is 3. The summed E-state index contributed by atoms with van der Waals surface area (Å²) in [7, 11) is 0. The Labute approximate surface area is 434 Å². The predicted octanol–water partition coefficient (Wildman–Crippen LogP) is 18.8. The number of hydrogen-bond acceptors (Lipinski definition) is 6. The zero-order valence-corrected chi connectivity index (χ0v) is 44.9. The van der Waals surface area contributed by atoms with Crippen LogP contribution in [0.25, 0.3) is 0 Å². The fourth-order valence-electron chi connectivity index (χ4n) is 6.64. The minimum absolute atomic E-state index is 0.148. The molecule has 71 heavy (non-hydrogen) atoms. The Kier molecular flexibility index (Phi) is 53.1. The maximum Gasteiger partial charge on any atom is 0.306 e. The van der Waals surface area contributed by atoms with Crippen molar-refractivity contribution in [2.45, 2.75) is 207 Å². The third-order valence-corrected chi connectivity index (χ3v) is 10.7. The van der Waals surface area contributed by atoms with Crippen molar-refractivity contribution < 1.29 is 28.6 Å². The molecule has 0 bridgehead atoms. The summed E-state index contributed by atoms with van der Waals surface area (Å²) in [6.07, 6.45) is 85.0. The molecular formula is C65H98O6. The molecule has 0 rings (SSSR count). The van der Waals surface area contributed by atoms with Crippen molar-refractivity contribution in [1.82, 2.24) is 0 Å². The summed E-state index contributed by atoms with van der Waals surface area (Å²) in [6, 6.07) is 0. The first-order chi connectivity index (χ1) is 35.0. The van der Waals surface area contributed by atoms with Crippen LogP contribution < -0.4 is 0 Å². The Hall–Kier alpha value is -5.23. The highest BCUT2D eigenvalue weighted by molar-refractivity contribution is 5.71. The molecule has 0 aliphatic carbocycles. The third-order valence-electron chi connectivity index (χ3n) is 10.7. The van der Waals surface area contributed by atoms with Crippen LogP contribution in [0.2, 0.25) is 0 Å². The molecule has 0 saturated heterocycles. The Morgan fingerprint density at radius 3 is 0.944 bits per heavy atom. The Morgan fingerprint density at radius 2 is 0.577 bits per heavy atom. The number of esters is 3. The average Bonchev–Trinajstić information content (AvgIpc) is 3.37. The minimum atomic E-state index is -0.865. The van der Waals surface area contributed by atoms with Crippen LogP contribution in [-0.4, -0.2) is 37.2 Å². The molecule has 0 fully saturated rings.